The summed E-state index contributed by atoms with van der Waals surface area (Å²) in [5.74, 6) is 0. The van der Waals surface area contributed by atoms with Gasteiger partial charge in [0.1, 0.15) is 0 Å². The van der Waals surface area contributed by atoms with E-state index in [0.717, 1.165) is 11.1 Å². The van der Waals surface area contributed by atoms with Gasteiger partial charge < -0.3 is 16.4 Å². The molecule has 8 N–H and O–H groups in total. The van der Waals surface area contributed by atoms with Gasteiger partial charge >= 0.3 is 0 Å². The molecule has 0 aliphatic carbocycles. The second-order valence-corrected chi connectivity index (χ2v) is 7.42. The molecule has 0 bridgehead atoms. The molecule has 2 aromatic carbocycles. The Morgan fingerprint density at radius 3 is 0.920 bits per heavy atom. The maximum atomic E-state index is 10.5. The second kappa shape index (κ2) is 10.9. The Kier molecular flexibility index (Phi) is 12.2. The van der Waals surface area contributed by atoms with Crippen LogP contribution in [0.3, 0.4) is 0 Å². The fraction of sp³-hybridized carbons (Fsp3) is 0.143. The van der Waals surface area contributed by atoms with Gasteiger partial charge in [-0.15, -0.1) is 0 Å². The van der Waals surface area contributed by atoms with Gasteiger partial charge in [-0.2, -0.15) is 16.8 Å². The first kappa shape index (κ1) is 28.0. The highest BCUT2D eigenvalue weighted by atomic mass is 32.2. The molecule has 0 fully saturated rings. The predicted molar refractivity (Wildman–Crippen MR) is 92.8 cm³/mol. The van der Waals surface area contributed by atoms with Gasteiger partial charge in [0.05, 0.1) is 9.79 Å². The molecule has 144 valence electrons. The minimum absolute atomic E-state index is 0. The first-order valence-corrected chi connectivity index (χ1v) is 8.96. The van der Waals surface area contributed by atoms with E-state index < -0.39 is 20.2 Å². The molecule has 0 spiro atoms. The molecule has 11 heteroatoms. The maximum absolute atomic E-state index is 10.5. The third kappa shape index (κ3) is 9.89. The normalized spacial score (nSPS) is 10.1. The summed E-state index contributed by atoms with van der Waals surface area (Å²) in [5, 5.41) is 0. The summed E-state index contributed by atoms with van der Waals surface area (Å²) in [4.78, 5) is -0.133. The van der Waals surface area contributed by atoms with Gasteiger partial charge in [-0.3, -0.25) is 9.11 Å². The Bertz CT molecular complexity index is 751. The summed E-state index contributed by atoms with van der Waals surface area (Å²) in [7, 11) is -8.04. The van der Waals surface area contributed by atoms with Crippen molar-refractivity contribution in [1.82, 2.24) is 0 Å². The zero-order chi connectivity index (χ0) is 17.0. The third-order valence-electron chi connectivity index (χ3n) is 2.64. The van der Waals surface area contributed by atoms with Crippen LogP contribution in [0.4, 0.5) is 0 Å². The minimum atomic E-state index is -4.02. The van der Waals surface area contributed by atoms with Crippen LogP contribution in [0.25, 0.3) is 0 Å². The van der Waals surface area contributed by atoms with Crippen molar-refractivity contribution in [3.05, 3.63) is 59.7 Å². The van der Waals surface area contributed by atoms with Crippen LogP contribution < -0.4 is 0 Å². The molecule has 0 heterocycles. The van der Waals surface area contributed by atoms with E-state index in [9.17, 15) is 16.8 Å². The zero-order valence-electron chi connectivity index (χ0n) is 13.5. The average molecular weight is 398 g/mol. The Balaban J connectivity index is -0.000000346. The molecule has 9 nitrogen and oxygen atoms in total. The molecule has 0 saturated heterocycles. The third-order valence-corrected chi connectivity index (χ3v) is 4.37. The fourth-order valence-corrected chi connectivity index (χ4v) is 2.38. The van der Waals surface area contributed by atoms with E-state index in [-0.39, 0.29) is 26.2 Å². The van der Waals surface area contributed by atoms with Crippen LogP contribution in [0.15, 0.2) is 58.3 Å². The van der Waals surface area contributed by atoms with Crippen molar-refractivity contribution in [3.63, 3.8) is 0 Å². The van der Waals surface area contributed by atoms with Gasteiger partial charge in [0.15, 0.2) is 0 Å². The number of benzene rings is 2. The molecule has 2 rings (SSSR count). The van der Waals surface area contributed by atoms with E-state index in [1.165, 1.54) is 24.3 Å². The maximum Gasteiger partial charge on any atom is 0.294 e. The predicted octanol–water partition coefficient (Wildman–Crippen LogP) is 0.00934. The first-order valence-electron chi connectivity index (χ1n) is 6.08. The Morgan fingerprint density at radius 2 is 0.760 bits per heavy atom. The first-order chi connectivity index (χ1) is 10.00. The lowest BCUT2D eigenvalue weighted by molar-refractivity contribution is 0.481. The molecule has 0 saturated carbocycles. The van der Waals surface area contributed by atoms with E-state index in [1.54, 1.807) is 24.3 Å². The minimum Gasteiger partial charge on any atom is -0.412 e. The Morgan fingerprint density at radius 1 is 0.560 bits per heavy atom. The molecule has 0 atom stereocenters. The molecule has 0 aromatic heterocycles. The average Bonchev–Trinajstić information content (AvgIpc) is 2.38. The highest BCUT2D eigenvalue weighted by molar-refractivity contribution is 7.86. The summed E-state index contributed by atoms with van der Waals surface area (Å²) in [6.07, 6.45) is 0. The van der Waals surface area contributed by atoms with Crippen LogP contribution in [0.1, 0.15) is 11.1 Å². The largest absolute Gasteiger partial charge is 0.412 e. The molecule has 0 amide bonds. The van der Waals surface area contributed by atoms with Gasteiger partial charge in [0.25, 0.3) is 20.2 Å². The summed E-state index contributed by atoms with van der Waals surface area (Å²) in [6, 6.07) is 12.0. The van der Waals surface area contributed by atoms with Crippen molar-refractivity contribution < 1.29 is 42.4 Å². The zero-order valence-corrected chi connectivity index (χ0v) is 15.1. The van der Waals surface area contributed by atoms with Crippen molar-refractivity contribution in [2.75, 3.05) is 0 Å². The quantitative estimate of drug-likeness (QED) is 0.666. The van der Waals surface area contributed by atoms with Gasteiger partial charge in [-0.1, -0.05) is 35.4 Å². The molecular formula is C14H22O9S2. The van der Waals surface area contributed by atoms with Gasteiger partial charge in [-0.05, 0) is 38.1 Å². The highest BCUT2D eigenvalue weighted by Crippen LogP contribution is 2.09. The number of rotatable bonds is 2. The Hall–Kier alpha value is -1.86. The lowest BCUT2D eigenvalue weighted by atomic mass is 10.2. The van der Waals surface area contributed by atoms with E-state index in [1.807, 2.05) is 13.8 Å². The molecular weight excluding hydrogens is 376 g/mol. The number of hydrogen-bond acceptors (Lipinski definition) is 4. The van der Waals surface area contributed by atoms with Crippen molar-refractivity contribution in [2.24, 2.45) is 0 Å². The summed E-state index contributed by atoms with van der Waals surface area (Å²) >= 11 is 0. The topological polar surface area (TPSA) is 203 Å². The summed E-state index contributed by atoms with van der Waals surface area (Å²) in [5.41, 5.74) is 1.91. The smallest absolute Gasteiger partial charge is 0.294 e. The van der Waals surface area contributed by atoms with Crippen LogP contribution in [-0.2, 0) is 20.2 Å². The van der Waals surface area contributed by atoms with Crippen molar-refractivity contribution >= 4 is 20.2 Å². The summed E-state index contributed by atoms with van der Waals surface area (Å²) in [6.45, 7) is 3.68. The molecule has 2 aromatic rings. The van der Waals surface area contributed by atoms with Gasteiger partial charge in [0.2, 0.25) is 0 Å². The van der Waals surface area contributed by atoms with E-state index in [4.69, 9.17) is 9.11 Å². The van der Waals surface area contributed by atoms with Crippen molar-refractivity contribution in [2.45, 2.75) is 23.6 Å². The van der Waals surface area contributed by atoms with Gasteiger partial charge in [0, 0.05) is 0 Å². The van der Waals surface area contributed by atoms with E-state index in [0.29, 0.717) is 0 Å². The monoisotopic (exact) mass is 398 g/mol. The molecule has 0 radical (unpaired) electrons. The summed E-state index contributed by atoms with van der Waals surface area (Å²) < 4.78 is 59.1. The van der Waals surface area contributed by atoms with Crippen LogP contribution in [-0.4, -0.2) is 42.4 Å². The second-order valence-electron chi connectivity index (χ2n) is 4.58. The van der Waals surface area contributed by atoms with Crippen molar-refractivity contribution in [1.29, 1.82) is 0 Å². The standard InChI is InChI=1S/2C7H8O3S.3H2O/c2*1-6-2-4-7(5-3-6)11(8,9)10;;;/h2*2-5H,1H3,(H,8,9,10);3*1H2. The van der Waals surface area contributed by atoms with Crippen molar-refractivity contribution in [3.8, 4) is 0 Å². The lowest BCUT2D eigenvalue weighted by Gasteiger charge is -1.95. The molecule has 0 unspecified atom stereocenters. The molecule has 25 heavy (non-hydrogen) atoms. The molecule has 0 aliphatic rings. The van der Waals surface area contributed by atoms with Crippen LogP contribution in [0.5, 0.6) is 0 Å². The van der Waals surface area contributed by atoms with Crippen LogP contribution >= 0.6 is 0 Å². The van der Waals surface area contributed by atoms with E-state index >= 15 is 0 Å². The fourth-order valence-electron chi connectivity index (χ4n) is 1.42. The number of aryl methyl sites for hydroxylation is 2. The Labute approximate surface area is 146 Å². The highest BCUT2D eigenvalue weighted by Gasteiger charge is 2.07. The van der Waals surface area contributed by atoms with Crippen LogP contribution in [0.2, 0.25) is 0 Å². The lowest BCUT2D eigenvalue weighted by Crippen LogP contribution is -1.96. The van der Waals surface area contributed by atoms with Crippen LogP contribution in [0, 0.1) is 13.8 Å². The number of hydrogen-bond donors (Lipinski definition) is 2. The van der Waals surface area contributed by atoms with Gasteiger partial charge in [-0.25, -0.2) is 0 Å². The molecule has 0 aliphatic heterocycles. The SMILES string of the molecule is Cc1ccc(S(=O)(=O)O)cc1.Cc1ccc(S(=O)(=O)O)cc1.O.O.O. The van der Waals surface area contributed by atoms with E-state index in [2.05, 4.69) is 0 Å².